The van der Waals surface area contributed by atoms with E-state index in [1.807, 2.05) is 0 Å². The van der Waals surface area contributed by atoms with Crippen LogP contribution < -0.4 is 5.32 Å². The summed E-state index contributed by atoms with van der Waals surface area (Å²) in [4.78, 5) is 23.4. The van der Waals surface area contributed by atoms with Crippen molar-refractivity contribution in [3.63, 3.8) is 0 Å². The van der Waals surface area contributed by atoms with Gasteiger partial charge in [0.2, 0.25) is 0 Å². The van der Waals surface area contributed by atoms with E-state index in [-0.39, 0.29) is 5.57 Å². The SMILES string of the molecule is CCCCCCCCCCCCCCNC(=O)C1=C(O)[C@@H](CO)OC1=O. The van der Waals surface area contributed by atoms with Gasteiger partial charge in [-0.25, -0.2) is 4.79 Å². The molecule has 150 valence electrons. The monoisotopic (exact) mass is 369 g/mol. The molecular weight excluding hydrogens is 334 g/mol. The maximum atomic E-state index is 11.9. The molecule has 0 aromatic rings. The quantitative estimate of drug-likeness (QED) is 0.233. The summed E-state index contributed by atoms with van der Waals surface area (Å²) < 4.78 is 4.70. The number of amides is 1. The van der Waals surface area contributed by atoms with Crippen LogP contribution in [0, 0.1) is 0 Å². The van der Waals surface area contributed by atoms with E-state index < -0.39 is 30.3 Å². The Labute approximate surface area is 157 Å². The number of hydrogen-bond acceptors (Lipinski definition) is 5. The van der Waals surface area contributed by atoms with Crippen LogP contribution in [0.2, 0.25) is 0 Å². The molecule has 1 rings (SSSR count). The number of carbonyl (C=O) groups excluding carboxylic acids is 2. The average molecular weight is 370 g/mol. The highest BCUT2D eigenvalue weighted by molar-refractivity contribution is 6.18. The van der Waals surface area contributed by atoms with Crippen LogP contribution in [0.25, 0.3) is 0 Å². The van der Waals surface area contributed by atoms with Crippen LogP contribution in [-0.4, -0.2) is 41.3 Å². The van der Waals surface area contributed by atoms with Crippen LogP contribution in [0.4, 0.5) is 0 Å². The van der Waals surface area contributed by atoms with Gasteiger partial charge in [0.25, 0.3) is 5.91 Å². The van der Waals surface area contributed by atoms with Crippen molar-refractivity contribution in [2.75, 3.05) is 13.2 Å². The molecule has 0 radical (unpaired) electrons. The molecule has 0 fully saturated rings. The van der Waals surface area contributed by atoms with Crippen LogP contribution in [0.15, 0.2) is 11.3 Å². The molecule has 1 aliphatic rings. The van der Waals surface area contributed by atoms with Gasteiger partial charge in [0.05, 0.1) is 6.61 Å². The smallest absolute Gasteiger partial charge is 0.348 e. The zero-order valence-corrected chi connectivity index (χ0v) is 16.1. The second kappa shape index (κ2) is 13.6. The normalized spacial score (nSPS) is 16.8. The molecule has 0 spiro atoms. The van der Waals surface area contributed by atoms with Crippen molar-refractivity contribution in [1.82, 2.24) is 5.32 Å². The summed E-state index contributed by atoms with van der Waals surface area (Å²) in [6.45, 7) is 2.17. The molecule has 1 amide bonds. The highest BCUT2D eigenvalue weighted by atomic mass is 16.6. The standard InChI is InChI=1S/C20H35NO5/c1-2-3-4-5-6-7-8-9-10-11-12-13-14-21-19(24)17-18(23)16(15-22)26-20(17)25/h16,22-23H,2-15H2,1H3,(H,21,24)/t16-/m1/s1. The molecule has 0 saturated heterocycles. The summed E-state index contributed by atoms with van der Waals surface area (Å²) >= 11 is 0. The number of aliphatic hydroxyl groups excluding tert-OH is 2. The lowest BCUT2D eigenvalue weighted by atomic mass is 10.1. The fourth-order valence-electron chi connectivity index (χ4n) is 3.10. The van der Waals surface area contributed by atoms with Crippen molar-refractivity contribution < 1.29 is 24.5 Å². The second-order valence-electron chi connectivity index (χ2n) is 6.98. The maximum absolute atomic E-state index is 11.9. The fraction of sp³-hybridized carbons (Fsp3) is 0.800. The van der Waals surface area contributed by atoms with Gasteiger partial charge in [-0.05, 0) is 6.42 Å². The van der Waals surface area contributed by atoms with Gasteiger partial charge < -0.3 is 20.3 Å². The molecule has 3 N–H and O–H groups in total. The van der Waals surface area contributed by atoms with E-state index in [1.165, 1.54) is 57.8 Å². The molecule has 1 aliphatic heterocycles. The predicted octanol–water partition coefficient (Wildman–Crippen LogP) is 3.53. The second-order valence-corrected chi connectivity index (χ2v) is 6.98. The molecule has 0 bridgehead atoms. The van der Waals surface area contributed by atoms with E-state index in [9.17, 15) is 14.7 Å². The van der Waals surface area contributed by atoms with E-state index in [1.54, 1.807) is 0 Å². The van der Waals surface area contributed by atoms with Gasteiger partial charge in [0, 0.05) is 6.54 Å². The minimum atomic E-state index is -1.12. The number of ether oxygens (including phenoxy) is 1. The van der Waals surface area contributed by atoms with Crippen molar-refractivity contribution in [3.05, 3.63) is 11.3 Å². The minimum absolute atomic E-state index is 0.386. The summed E-state index contributed by atoms with van der Waals surface area (Å²) in [6.07, 6.45) is 13.8. The van der Waals surface area contributed by atoms with Crippen molar-refractivity contribution in [1.29, 1.82) is 0 Å². The lowest BCUT2D eigenvalue weighted by molar-refractivity contribution is -0.142. The van der Waals surface area contributed by atoms with E-state index >= 15 is 0 Å². The van der Waals surface area contributed by atoms with E-state index in [0.717, 1.165) is 19.3 Å². The largest absolute Gasteiger partial charge is 0.507 e. The van der Waals surface area contributed by atoms with E-state index in [2.05, 4.69) is 12.2 Å². The van der Waals surface area contributed by atoms with E-state index in [0.29, 0.717) is 6.54 Å². The van der Waals surface area contributed by atoms with Gasteiger partial charge in [-0.3, -0.25) is 4.79 Å². The Bertz CT molecular complexity index is 461. The number of rotatable bonds is 15. The van der Waals surface area contributed by atoms with Crippen molar-refractivity contribution in [2.24, 2.45) is 0 Å². The van der Waals surface area contributed by atoms with Gasteiger partial charge in [-0.15, -0.1) is 0 Å². The summed E-state index contributed by atoms with van der Waals surface area (Å²) in [7, 11) is 0. The number of unbranched alkanes of at least 4 members (excludes halogenated alkanes) is 11. The number of carbonyl (C=O) groups is 2. The van der Waals surface area contributed by atoms with Gasteiger partial charge in [-0.2, -0.15) is 0 Å². The molecule has 1 heterocycles. The van der Waals surface area contributed by atoms with Crippen LogP contribution in [-0.2, 0) is 14.3 Å². The third kappa shape index (κ3) is 8.21. The molecule has 1 atom stereocenters. The third-order valence-electron chi connectivity index (χ3n) is 4.72. The molecule has 0 aliphatic carbocycles. The van der Waals surface area contributed by atoms with Gasteiger partial charge >= 0.3 is 5.97 Å². The Morgan fingerprint density at radius 3 is 1.92 bits per heavy atom. The Kier molecular flexibility index (Phi) is 11.8. The van der Waals surface area contributed by atoms with E-state index in [4.69, 9.17) is 9.84 Å². The number of aliphatic hydroxyl groups is 2. The Morgan fingerprint density at radius 1 is 0.962 bits per heavy atom. The first kappa shape index (κ1) is 22.5. The molecular formula is C20H35NO5. The summed E-state index contributed by atoms with van der Waals surface area (Å²) in [5.74, 6) is -2.00. The molecule has 0 aromatic carbocycles. The average Bonchev–Trinajstić information content (AvgIpc) is 2.92. The summed E-state index contributed by atoms with van der Waals surface area (Å²) in [5.41, 5.74) is -0.386. The molecule has 6 nitrogen and oxygen atoms in total. The topological polar surface area (TPSA) is 95.9 Å². The van der Waals surface area contributed by atoms with Gasteiger partial charge in [0.15, 0.2) is 17.4 Å². The Hall–Kier alpha value is -1.56. The number of nitrogens with one attached hydrogen (secondary N) is 1. The number of cyclic esters (lactones) is 1. The van der Waals surface area contributed by atoms with Crippen molar-refractivity contribution in [2.45, 2.75) is 90.1 Å². The first-order chi connectivity index (χ1) is 12.6. The van der Waals surface area contributed by atoms with Gasteiger partial charge in [0.1, 0.15) is 0 Å². The van der Waals surface area contributed by atoms with Crippen LogP contribution in [0.1, 0.15) is 84.0 Å². The van der Waals surface area contributed by atoms with Crippen LogP contribution in [0.3, 0.4) is 0 Å². The highest BCUT2D eigenvalue weighted by Crippen LogP contribution is 2.20. The molecule has 26 heavy (non-hydrogen) atoms. The van der Waals surface area contributed by atoms with Gasteiger partial charge in [-0.1, -0.05) is 77.6 Å². The van der Waals surface area contributed by atoms with Crippen LogP contribution >= 0.6 is 0 Å². The Balaban J connectivity index is 1.98. The highest BCUT2D eigenvalue weighted by Gasteiger charge is 2.37. The van der Waals surface area contributed by atoms with Crippen molar-refractivity contribution >= 4 is 11.9 Å². The molecule has 0 unspecified atom stereocenters. The third-order valence-corrected chi connectivity index (χ3v) is 4.72. The van der Waals surface area contributed by atoms with Crippen LogP contribution in [0.5, 0.6) is 0 Å². The molecule has 0 saturated carbocycles. The number of hydrogen-bond donors (Lipinski definition) is 3. The predicted molar refractivity (Wildman–Crippen MR) is 101 cm³/mol. The fourth-order valence-corrected chi connectivity index (χ4v) is 3.10. The number of esters is 1. The first-order valence-electron chi connectivity index (χ1n) is 10.1. The molecule has 0 aromatic heterocycles. The van der Waals surface area contributed by atoms with Crippen molar-refractivity contribution in [3.8, 4) is 0 Å². The maximum Gasteiger partial charge on any atom is 0.348 e. The lowest BCUT2D eigenvalue weighted by Gasteiger charge is -2.05. The summed E-state index contributed by atoms with van der Waals surface area (Å²) in [6, 6.07) is 0. The zero-order chi connectivity index (χ0) is 19.2. The zero-order valence-electron chi connectivity index (χ0n) is 16.1. The Morgan fingerprint density at radius 2 is 1.46 bits per heavy atom. The lowest BCUT2D eigenvalue weighted by Crippen LogP contribution is -2.28. The summed E-state index contributed by atoms with van der Waals surface area (Å²) in [5, 5.41) is 21.3. The minimum Gasteiger partial charge on any atom is -0.507 e. The molecule has 6 heteroatoms. The first-order valence-corrected chi connectivity index (χ1v) is 10.1.